The minimum absolute atomic E-state index is 0.248. The molecule has 0 aliphatic carbocycles. The van der Waals surface area contributed by atoms with Crippen molar-refractivity contribution < 1.29 is 23.0 Å². The van der Waals surface area contributed by atoms with Crippen LogP contribution in [0.4, 0.5) is 0 Å². The summed E-state index contributed by atoms with van der Waals surface area (Å²) in [6.07, 6.45) is 1.60. The molecule has 0 amide bonds. The average molecular weight is 375 g/mol. The molecule has 136 valence electrons. The van der Waals surface area contributed by atoms with Gasteiger partial charge in [-0.25, -0.2) is 8.42 Å². The minimum atomic E-state index is -3.66. The van der Waals surface area contributed by atoms with E-state index >= 15 is 0 Å². The number of thioether (sulfide) groups is 1. The first-order valence-corrected chi connectivity index (χ1v) is 10.8. The van der Waals surface area contributed by atoms with E-state index in [0.29, 0.717) is 13.2 Å². The van der Waals surface area contributed by atoms with E-state index < -0.39 is 32.2 Å². The monoisotopic (exact) mass is 374 g/mol. The summed E-state index contributed by atoms with van der Waals surface area (Å²) in [5.74, 6) is -1.84. The molecule has 0 aromatic heterocycles. The summed E-state index contributed by atoms with van der Waals surface area (Å²) in [6.45, 7) is 6.20. The van der Waals surface area contributed by atoms with Crippen LogP contribution >= 0.6 is 11.8 Å². The van der Waals surface area contributed by atoms with Gasteiger partial charge in [-0.05, 0) is 45.6 Å². The molecule has 1 heterocycles. The molecular weight excluding hydrogens is 348 g/mol. The van der Waals surface area contributed by atoms with E-state index in [-0.39, 0.29) is 4.90 Å². The van der Waals surface area contributed by atoms with E-state index in [4.69, 9.17) is 9.47 Å². The van der Waals surface area contributed by atoms with E-state index in [0.717, 1.165) is 12.0 Å². The van der Waals surface area contributed by atoms with Gasteiger partial charge in [0.05, 0.1) is 30.1 Å². The zero-order valence-electron chi connectivity index (χ0n) is 14.6. The topological polar surface area (TPSA) is 72.8 Å². The van der Waals surface area contributed by atoms with Crippen molar-refractivity contribution in [3.8, 4) is 0 Å². The first-order valence-electron chi connectivity index (χ1n) is 8.01. The molecule has 1 aromatic rings. The molecule has 5 nitrogen and oxygen atoms in total. The van der Waals surface area contributed by atoms with Gasteiger partial charge in [0.1, 0.15) is 4.58 Å². The van der Waals surface area contributed by atoms with Gasteiger partial charge in [-0.3, -0.25) is 0 Å². The summed E-state index contributed by atoms with van der Waals surface area (Å²) in [5.41, 5.74) is 0.993. The predicted molar refractivity (Wildman–Crippen MR) is 95.8 cm³/mol. The van der Waals surface area contributed by atoms with Crippen LogP contribution in [0.2, 0.25) is 0 Å². The Morgan fingerprint density at radius 1 is 1.21 bits per heavy atom. The van der Waals surface area contributed by atoms with E-state index in [9.17, 15) is 13.5 Å². The van der Waals surface area contributed by atoms with Crippen LogP contribution in [0.3, 0.4) is 0 Å². The number of sulfone groups is 1. The van der Waals surface area contributed by atoms with Crippen LogP contribution in [-0.2, 0) is 19.3 Å². The number of hydrogen-bond donors (Lipinski definition) is 1. The summed E-state index contributed by atoms with van der Waals surface area (Å²) in [5, 5.41) is 10.3. The second-order valence-electron chi connectivity index (χ2n) is 6.29. The fourth-order valence-corrected chi connectivity index (χ4v) is 6.84. The lowest BCUT2D eigenvalue weighted by Gasteiger charge is -2.44. The van der Waals surface area contributed by atoms with Gasteiger partial charge in [-0.1, -0.05) is 17.7 Å². The van der Waals surface area contributed by atoms with Gasteiger partial charge >= 0.3 is 0 Å². The van der Waals surface area contributed by atoms with Gasteiger partial charge in [0.2, 0.25) is 0 Å². The maximum absolute atomic E-state index is 13.2. The minimum Gasteiger partial charge on any atom is -0.393 e. The first kappa shape index (κ1) is 19.7. The van der Waals surface area contributed by atoms with E-state index in [1.54, 1.807) is 44.4 Å². The third kappa shape index (κ3) is 3.96. The highest BCUT2D eigenvalue weighted by atomic mass is 32.3. The van der Waals surface area contributed by atoms with Gasteiger partial charge in [0, 0.05) is 0 Å². The Morgan fingerprint density at radius 3 is 2.21 bits per heavy atom. The van der Waals surface area contributed by atoms with Crippen LogP contribution in [0.15, 0.2) is 29.2 Å². The van der Waals surface area contributed by atoms with Crippen LogP contribution in [-0.4, -0.2) is 49.5 Å². The summed E-state index contributed by atoms with van der Waals surface area (Å²) >= 11 is 1.20. The molecule has 1 aliphatic heterocycles. The lowest BCUT2D eigenvalue weighted by Crippen LogP contribution is -2.54. The van der Waals surface area contributed by atoms with Crippen LogP contribution in [0.5, 0.6) is 0 Å². The van der Waals surface area contributed by atoms with E-state index in [2.05, 4.69) is 0 Å². The third-order valence-corrected chi connectivity index (χ3v) is 8.30. The maximum Gasteiger partial charge on any atom is 0.191 e. The largest absolute Gasteiger partial charge is 0.393 e. The van der Waals surface area contributed by atoms with Gasteiger partial charge in [0.15, 0.2) is 15.6 Å². The fraction of sp³-hybridized carbons (Fsp3) is 0.647. The Labute approximate surface area is 148 Å². The van der Waals surface area contributed by atoms with E-state index in [1.807, 2.05) is 6.92 Å². The fourth-order valence-electron chi connectivity index (χ4n) is 3.08. The summed E-state index contributed by atoms with van der Waals surface area (Å²) < 4.78 is 37.0. The van der Waals surface area contributed by atoms with E-state index in [1.165, 1.54) is 11.8 Å². The number of aliphatic hydroxyl groups is 1. The van der Waals surface area contributed by atoms with Crippen molar-refractivity contribution >= 4 is 21.6 Å². The molecule has 7 heteroatoms. The van der Waals surface area contributed by atoms with Crippen LogP contribution in [0.25, 0.3) is 0 Å². The smallest absolute Gasteiger partial charge is 0.191 e. The zero-order chi connectivity index (χ0) is 18.0. The van der Waals surface area contributed by atoms with Crippen molar-refractivity contribution in [1.82, 2.24) is 0 Å². The molecule has 1 unspecified atom stereocenters. The molecule has 2 rings (SSSR count). The van der Waals surface area contributed by atoms with Crippen LogP contribution < -0.4 is 0 Å². The number of rotatable bonds is 6. The number of benzene rings is 1. The SMILES string of the molecule is CSC([C@@H]([C@H](C)O)C1(C)OCCCO1)S(=O)(=O)c1ccc(C)cc1. The van der Waals surface area contributed by atoms with Crippen molar-refractivity contribution in [2.24, 2.45) is 5.92 Å². The van der Waals surface area contributed by atoms with Crippen molar-refractivity contribution in [2.45, 2.75) is 48.6 Å². The molecule has 1 N–H and O–H groups in total. The van der Waals surface area contributed by atoms with Crippen molar-refractivity contribution in [1.29, 1.82) is 0 Å². The lowest BCUT2D eigenvalue weighted by molar-refractivity contribution is -0.291. The predicted octanol–water partition coefficient (Wildman–Crippen LogP) is 2.61. The van der Waals surface area contributed by atoms with Gasteiger partial charge < -0.3 is 14.6 Å². The van der Waals surface area contributed by atoms with Crippen molar-refractivity contribution in [3.05, 3.63) is 29.8 Å². The Morgan fingerprint density at radius 2 is 1.75 bits per heavy atom. The molecule has 24 heavy (non-hydrogen) atoms. The highest BCUT2D eigenvalue weighted by molar-refractivity contribution is 8.13. The molecular formula is C17H26O5S2. The average Bonchev–Trinajstić information content (AvgIpc) is 2.52. The molecule has 1 aromatic carbocycles. The Bertz CT molecular complexity index is 633. The summed E-state index contributed by atoms with van der Waals surface area (Å²) in [6, 6.07) is 6.77. The number of hydrogen-bond acceptors (Lipinski definition) is 6. The van der Waals surface area contributed by atoms with Gasteiger partial charge in [0.25, 0.3) is 0 Å². The lowest BCUT2D eigenvalue weighted by atomic mass is 9.95. The Balaban J connectivity index is 2.43. The van der Waals surface area contributed by atoms with Gasteiger partial charge in [-0.15, -0.1) is 11.8 Å². The van der Waals surface area contributed by atoms with Crippen molar-refractivity contribution in [2.75, 3.05) is 19.5 Å². The molecule has 3 atom stereocenters. The molecule has 1 saturated heterocycles. The quantitative estimate of drug-likeness (QED) is 0.825. The summed E-state index contributed by atoms with van der Waals surface area (Å²) in [7, 11) is -3.66. The molecule has 0 saturated carbocycles. The second-order valence-corrected chi connectivity index (χ2v) is 9.64. The summed E-state index contributed by atoms with van der Waals surface area (Å²) in [4.78, 5) is 0.248. The Kier molecular flexibility index (Phi) is 6.36. The molecule has 0 bridgehead atoms. The van der Waals surface area contributed by atoms with Crippen molar-refractivity contribution in [3.63, 3.8) is 0 Å². The van der Waals surface area contributed by atoms with Crippen LogP contribution in [0, 0.1) is 12.8 Å². The molecule has 0 spiro atoms. The maximum atomic E-state index is 13.2. The van der Waals surface area contributed by atoms with Crippen LogP contribution in [0.1, 0.15) is 25.8 Å². The number of aryl methyl sites for hydroxylation is 1. The highest BCUT2D eigenvalue weighted by Crippen LogP contribution is 2.40. The standard InChI is InChI=1S/C17H26O5S2/c1-12-6-8-14(9-7-12)24(19,20)16(23-4)15(13(2)18)17(3)21-10-5-11-22-17/h6-9,13,15-16,18H,5,10-11H2,1-4H3/t13-,15+,16?/m0/s1. The normalized spacial score (nSPS) is 21.9. The molecule has 1 fully saturated rings. The number of aliphatic hydroxyl groups excluding tert-OH is 1. The molecule has 1 aliphatic rings. The molecule has 0 radical (unpaired) electrons. The number of ether oxygens (including phenoxy) is 2. The van der Waals surface area contributed by atoms with Gasteiger partial charge in [-0.2, -0.15) is 0 Å². The highest BCUT2D eigenvalue weighted by Gasteiger charge is 2.50. The Hall–Kier alpha value is -0.600. The third-order valence-electron chi connectivity index (χ3n) is 4.37. The zero-order valence-corrected chi connectivity index (χ0v) is 16.2. The second kappa shape index (κ2) is 7.74. The first-order chi connectivity index (χ1) is 11.2.